The molecule has 1 fully saturated rings. The van der Waals surface area contributed by atoms with Gasteiger partial charge in [-0.1, -0.05) is 12.1 Å². The lowest BCUT2D eigenvalue weighted by molar-refractivity contribution is -0.138. The number of benzene rings is 1. The van der Waals surface area contributed by atoms with E-state index >= 15 is 0 Å². The fourth-order valence-electron chi connectivity index (χ4n) is 2.80. The van der Waals surface area contributed by atoms with E-state index in [0.29, 0.717) is 37.2 Å². The van der Waals surface area contributed by atoms with Gasteiger partial charge in [0.05, 0.1) is 5.56 Å². The summed E-state index contributed by atoms with van der Waals surface area (Å²) in [5.74, 6) is -0.631. The van der Waals surface area contributed by atoms with Crippen LogP contribution in [0.5, 0.6) is 5.75 Å². The van der Waals surface area contributed by atoms with E-state index in [9.17, 15) is 14.4 Å². The van der Waals surface area contributed by atoms with Crippen molar-refractivity contribution >= 4 is 17.8 Å². The van der Waals surface area contributed by atoms with Crippen LogP contribution >= 0.6 is 0 Å². The molecule has 2 amide bonds. The lowest BCUT2D eigenvalue weighted by Gasteiger charge is -2.31. The Morgan fingerprint density at radius 1 is 1.20 bits per heavy atom. The summed E-state index contributed by atoms with van der Waals surface area (Å²) in [7, 11) is 3.29. The number of rotatable bonds is 6. The fourth-order valence-corrected chi connectivity index (χ4v) is 2.80. The van der Waals surface area contributed by atoms with E-state index < -0.39 is 5.97 Å². The molecule has 1 N–H and O–H groups in total. The van der Waals surface area contributed by atoms with Crippen LogP contribution < -0.4 is 4.74 Å². The first kappa shape index (κ1) is 18.8. The minimum atomic E-state index is -0.797. The average Bonchev–Trinajstić information content (AvgIpc) is 2.59. The smallest absolute Gasteiger partial charge is 0.303 e. The molecule has 0 saturated carbocycles. The van der Waals surface area contributed by atoms with E-state index in [1.165, 1.54) is 4.90 Å². The van der Waals surface area contributed by atoms with Crippen LogP contribution in [0.3, 0.4) is 0 Å². The Bertz CT molecular complexity index is 636. The number of aliphatic carboxylic acids is 1. The summed E-state index contributed by atoms with van der Waals surface area (Å²) in [6.45, 7) is 0.932. The zero-order valence-corrected chi connectivity index (χ0v) is 14.6. The molecule has 0 unspecified atom stereocenters. The number of ether oxygens (including phenoxy) is 1. The molecule has 1 aliphatic heterocycles. The quantitative estimate of drug-likeness (QED) is 0.841. The van der Waals surface area contributed by atoms with E-state index in [-0.39, 0.29) is 30.8 Å². The highest BCUT2D eigenvalue weighted by molar-refractivity contribution is 5.97. The molecule has 0 spiro atoms. The van der Waals surface area contributed by atoms with Crippen molar-refractivity contribution in [3.05, 3.63) is 29.8 Å². The molecule has 0 radical (unpaired) electrons. The molecule has 1 aromatic carbocycles. The molecule has 1 aromatic rings. The summed E-state index contributed by atoms with van der Waals surface area (Å²) < 4.78 is 5.53. The van der Waals surface area contributed by atoms with Crippen molar-refractivity contribution in [3.8, 4) is 5.75 Å². The number of carbonyl (C=O) groups excluding carboxylic acids is 2. The lowest BCUT2D eigenvalue weighted by atomic mass is 9.93. The molecule has 2 rings (SSSR count). The normalized spacial score (nSPS) is 14.9. The zero-order chi connectivity index (χ0) is 18.4. The highest BCUT2D eigenvalue weighted by Crippen LogP contribution is 2.25. The van der Waals surface area contributed by atoms with Gasteiger partial charge in [-0.15, -0.1) is 0 Å². The van der Waals surface area contributed by atoms with Crippen LogP contribution in [0.25, 0.3) is 0 Å². The second-order valence-electron chi connectivity index (χ2n) is 6.41. The van der Waals surface area contributed by atoms with Crippen LogP contribution in [0.4, 0.5) is 0 Å². The molecular weight excluding hydrogens is 324 g/mol. The number of likely N-dealkylation sites (N-methyl/N-ethyl adjacent to an activating group) is 1. The molecule has 0 bridgehead atoms. The third-order valence-electron chi connectivity index (χ3n) is 4.33. The largest absolute Gasteiger partial charge is 0.483 e. The number of carboxylic acid groups (broad SMARTS) is 1. The van der Waals surface area contributed by atoms with Crippen LogP contribution in [0.2, 0.25) is 0 Å². The SMILES string of the molecule is CN(C)C(=O)COc1ccccc1C(=O)N1CCC(CC(=O)O)CC1. The summed E-state index contributed by atoms with van der Waals surface area (Å²) in [5, 5.41) is 8.87. The summed E-state index contributed by atoms with van der Waals surface area (Å²) >= 11 is 0. The van der Waals surface area contributed by atoms with Gasteiger partial charge in [0.2, 0.25) is 0 Å². The van der Waals surface area contributed by atoms with E-state index in [2.05, 4.69) is 0 Å². The first-order valence-corrected chi connectivity index (χ1v) is 8.31. The standard InChI is InChI=1S/C18H24N2O5/c1-19(2)16(21)12-25-15-6-4-3-5-14(15)18(24)20-9-7-13(8-10-20)11-17(22)23/h3-6,13H,7-12H2,1-2H3,(H,22,23). The number of carbonyl (C=O) groups is 3. The zero-order valence-electron chi connectivity index (χ0n) is 14.6. The van der Waals surface area contributed by atoms with Gasteiger partial charge < -0.3 is 19.6 Å². The highest BCUT2D eigenvalue weighted by Gasteiger charge is 2.26. The minimum absolute atomic E-state index is 0.116. The van der Waals surface area contributed by atoms with Crippen molar-refractivity contribution in [2.75, 3.05) is 33.8 Å². The molecule has 0 aromatic heterocycles. The maximum Gasteiger partial charge on any atom is 0.303 e. The van der Waals surface area contributed by atoms with Gasteiger partial charge in [-0.2, -0.15) is 0 Å². The van der Waals surface area contributed by atoms with Gasteiger partial charge in [0.15, 0.2) is 6.61 Å². The van der Waals surface area contributed by atoms with Gasteiger partial charge in [-0.25, -0.2) is 0 Å². The predicted molar refractivity (Wildman–Crippen MR) is 91.5 cm³/mol. The van der Waals surface area contributed by atoms with E-state index in [1.807, 2.05) is 0 Å². The predicted octanol–water partition coefficient (Wildman–Crippen LogP) is 1.48. The molecule has 1 aliphatic rings. The molecule has 0 aliphatic carbocycles. The Kier molecular flexibility index (Phi) is 6.38. The second-order valence-corrected chi connectivity index (χ2v) is 6.41. The molecule has 25 heavy (non-hydrogen) atoms. The Hall–Kier alpha value is -2.57. The molecule has 1 heterocycles. The summed E-state index contributed by atoms with van der Waals surface area (Å²) in [4.78, 5) is 38.4. The number of piperidine rings is 1. The molecule has 7 nitrogen and oxygen atoms in total. The van der Waals surface area contributed by atoms with E-state index in [0.717, 1.165) is 0 Å². The van der Waals surface area contributed by atoms with Gasteiger partial charge in [0.1, 0.15) is 5.75 Å². The van der Waals surface area contributed by atoms with Crippen LogP contribution in [-0.2, 0) is 9.59 Å². The average molecular weight is 348 g/mol. The highest BCUT2D eigenvalue weighted by atomic mass is 16.5. The number of likely N-dealkylation sites (tertiary alicyclic amines) is 1. The van der Waals surface area contributed by atoms with Gasteiger partial charge in [0, 0.05) is 33.6 Å². The van der Waals surface area contributed by atoms with Crippen molar-refractivity contribution < 1.29 is 24.2 Å². The molecular formula is C18H24N2O5. The van der Waals surface area contributed by atoms with E-state index in [1.54, 1.807) is 43.3 Å². The van der Waals surface area contributed by atoms with Crippen molar-refractivity contribution in [2.45, 2.75) is 19.3 Å². The number of para-hydroxylation sites is 1. The van der Waals surface area contributed by atoms with Crippen LogP contribution in [0, 0.1) is 5.92 Å². The number of hydrogen-bond donors (Lipinski definition) is 1. The van der Waals surface area contributed by atoms with Crippen LogP contribution in [-0.4, -0.2) is 66.5 Å². The van der Waals surface area contributed by atoms with Crippen LogP contribution in [0.1, 0.15) is 29.6 Å². The molecule has 136 valence electrons. The monoisotopic (exact) mass is 348 g/mol. The number of amides is 2. The Balaban J connectivity index is 2.00. The third-order valence-corrected chi connectivity index (χ3v) is 4.33. The maximum absolute atomic E-state index is 12.8. The summed E-state index contributed by atoms with van der Waals surface area (Å²) in [6.07, 6.45) is 1.51. The molecule has 1 saturated heterocycles. The summed E-state index contributed by atoms with van der Waals surface area (Å²) in [5.41, 5.74) is 0.422. The molecule has 0 atom stereocenters. The fraction of sp³-hybridized carbons (Fsp3) is 0.500. The third kappa shape index (κ3) is 5.20. The lowest BCUT2D eigenvalue weighted by Crippen LogP contribution is -2.39. The molecule has 7 heteroatoms. The number of hydrogen-bond acceptors (Lipinski definition) is 4. The Labute approximate surface area is 147 Å². The van der Waals surface area contributed by atoms with Crippen molar-refractivity contribution in [2.24, 2.45) is 5.92 Å². The van der Waals surface area contributed by atoms with Crippen molar-refractivity contribution in [3.63, 3.8) is 0 Å². The first-order valence-electron chi connectivity index (χ1n) is 8.31. The van der Waals surface area contributed by atoms with Gasteiger partial charge in [-0.3, -0.25) is 14.4 Å². The number of nitrogens with zero attached hydrogens (tertiary/aromatic N) is 2. The Morgan fingerprint density at radius 3 is 2.44 bits per heavy atom. The second kappa shape index (κ2) is 8.50. The summed E-state index contributed by atoms with van der Waals surface area (Å²) in [6, 6.07) is 6.87. The van der Waals surface area contributed by atoms with Crippen molar-refractivity contribution in [1.82, 2.24) is 9.80 Å². The van der Waals surface area contributed by atoms with E-state index in [4.69, 9.17) is 9.84 Å². The van der Waals surface area contributed by atoms with Gasteiger partial charge in [-0.05, 0) is 30.9 Å². The Morgan fingerprint density at radius 2 is 1.84 bits per heavy atom. The number of carboxylic acids is 1. The van der Waals surface area contributed by atoms with Gasteiger partial charge in [0.25, 0.3) is 11.8 Å². The topological polar surface area (TPSA) is 87.2 Å². The maximum atomic E-state index is 12.8. The van der Waals surface area contributed by atoms with Crippen molar-refractivity contribution in [1.29, 1.82) is 0 Å². The van der Waals surface area contributed by atoms with Gasteiger partial charge >= 0.3 is 5.97 Å². The first-order chi connectivity index (χ1) is 11.9. The minimum Gasteiger partial charge on any atom is -0.483 e. The van der Waals surface area contributed by atoms with Crippen LogP contribution in [0.15, 0.2) is 24.3 Å².